The van der Waals surface area contributed by atoms with Crippen LogP contribution in [-0.2, 0) is 9.59 Å². The molecule has 2 N–H and O–H groups in total. The van der Waals surface area contributed by atoms with E-state index in [0.29, 0.717) is 6.42 Å². The van der Waals surface area contributed by atoms with Crippen molar-refractivity contribution in [1.82, 2.24) is 5.32 Å². The molecule has 4 heteroatoms. The van der Waals surface area contributed by atoms with Crippen LogP contribution in [0.5, 0.6) is 0 Å². The first kappa shape index (κ1) is 11.4. The molecular formula is C12H19NO3. The molecule has 0 heterocycles. The molecule has 16 heavy (non-hydrogen) atoms. The number of carbonyl (C=O) groups excluding carboxylic acids is 1. The lowest BCUT2D eigenvalue weighted by Gasteiger charge is -2.13. The molecule has 2 fully saturated rings. The monoisotopic (exact) mass is 225 g/mol. The summed E-state index contributed by atoms with van der Waals surface area (Å²) in [5.41, 5.74) is 0. The van der Waals surface area contributed by atoms with Crippen molar-refractivity contribution in [3.63, 3.8) is 0 Å². The SMILES string of the molecule is CC(CCC1CC1)NC(=O)C1CC1C(=O)O. The lowest BCUT2D eigenvalue weighted by Crippen LogP contribution is -2.34. The number of carbonyl (C=O) groups is 2. The highest BCUT2D eigenvalue weighted by Gasteiger charge is 2.48. The summed E-state index contributed by atoms with van der Waals surface area (Å²) in [6.45, 7) is 2.00. The van der Waals surface area contributed by atoms with Gasteiger partial charge in [-0.05, 0) is 32.1 Å². The summed E-state index contributed by atoms with van der Waals surface area (Å²) >= 11 is 0. The molecule has 3 atom stereocenters. The Bertz CT molecular complexity index is 299. The van der Waals surface area contributed by atoms with Crippen molar-refractivity contribution in [2.24, 2.45) is 17.8 Å². The molecule has 0 saturated heterocycles. The van der Waals surface area contributed by atoms with Gasteiger partial charge in [-0.15, -0.1) is 0 Å². The third-order valence-corrected chi connectivity index (χ3v) is 3.54. The first-order valence-electron chi connectivity index (χ1n) is 6.11. The predicted octanol–water partition coefficient (Wildman–Crippen LogP) is 1.40. The van der Waals surface area contributed by atoms with Gasteiger partial charge in [0.1, 0.15) is 0 Å². The molecule has 2 aliphatic carbocycles. The molecule has 90 valence electrons. The van der Waals surface area contributed by atoms with E-state index in [0.717, 1.165) is 12.3 Å². The summed E-state index contributed by atoms with van der Waals surface area (Å²) in [5.74, 6) is -0.745. The van der Waals surface area contributed by atoms with Crippen molar-refractivity contribution >= 4 is 11.9 Å². The van der Waals surface area contributed by atoms with Crippen LogP contribution in [0.4, 0.5) is 0 Å². The van der Waals surface area contributed by atoms with Gasteiger partial charge in [0.2, 0.25) is 5.91 Å². The van der Waals surface area contributed by atoms with Crippen LogP contribution in [-0.4, -0.2) is 23.0 Å². The maximum absolute atomic E-state index is 11.6. The Morgan fingerprint density at radius 2 is 2.06 bits per heavy atom. The van der Waals surface area contributed by atoms with Gasteiger partial charge in [0.25, 0.3) is 0 Å². The molecular weight excluding hydrogens is 206 g/mol. The molecule has 4 nitrogen and oxygen atoms in total. The zero-order valence-electron chi connectivity index (χ0n) is 9.61. The fourth-order valence-electron chi connectivity index (χ4n) is 2.07. The van der Waals surface area contributed by atoms with E-state index < -0.39 is 11.9 Å². The third-order valence-electron chi connectivity index (χ3n) is 3.54. The van der Waals surface area contributed by atoms with Crippen LogP contribution in [0.15, 0.2) is 0 Å². The molecule has 1 amide bonds. The minimum atomic E-state index is -0.842. The summed E-state index contributed by atoms with van der Waals surface area (Å²) < 4.78 is 0. The third kappa shape index (κ3) is 2.97. The highest BCUT2D eigenvalue weighted by molar-refractivity contribution is 5.89. The Balaban J connectivity index is 1.64. The summed E-state index contributed by atoms with van der Waals surface area (Å²) in [5, 5.41) is 11.6. The van der Waals surface area contributed by atoms with Crippen LogP contribution < -0.4 is 5.32 Å². The Kier molecular flexibility index (Phi) is 3.17. The zero-order chi connectivity index (χ0) is 11.7. The first-order chi connectivity index (χ1) is 7.58. The van der Waals surface area contributed by atoms with E-state index in [2.05, 4.69) is 5.32 Å². The van der Waals surface area contributed by atoms with Crippen LogP contribution in [0, 0.1) is 17.8 Å². The highest BCUT2D eigenvalue weighted by atomic mass is 16.4. The molecule has 2 rings (SSSR count). The minimum absolute atomic E-state index is 0.0734. The van der Waals surface area contributed by atoms with Gasteiger partial charge in [0.15, 0.2) is 0 Å². The zero-order valence-corrected chi connectivity index (χ0v) is 9.61. The number of rotatable bonds is 6. The summed E-state index contributed by atoms with van der Waals surface area (Å²) in [6.07, 6.45) is 5.39. The van der Waals surface area contributed by atoms with Crippen LogP contribution in [0.1, 0.15) is 39.0 Å². The van der Waals surface area contributed by atoms with E-state index in [9.17, 15) is 9.59 Å². The normalized spacial score (nSPS) is 29.6. The summed E-state index contributed by atoms with van der Waals surface area (Å²) in [7, 11) is 0. The van der Waals surface area contributed by atoms with Gasteiger partial charge in [0, 0.05) is 6.04 Å². The second-order valence-electron chi connectivity index (χ2n) is 5.22. The molecule has 3 unspecified atom stereocenters. The Morgan fingerprint density at radius 1 is 1.38 bits per heavy atom. The van der Waals surface area contributed by atoms with Crippen molar-refractivity contribution < 1.29 is 14.7 Å². The topological polar surface area (TPSA) is 66.4 Å². The Hall–Kier alpha value is -1.06. The minimum Gasteiger partial charge on any atom is -0.481 e. The summed E-state index contributed by atoms with van der Waals surface area (Å²) in [4.78, 5) is 22.2. The molecule has 2 saturated carbocycles. The van der Waals surface area contributed by atoms with Crippen LogP contribution in [0.3, 0.4) is 0 Å². The Morgan fingerprint density at radius 3 is 2.56 bits per heavy atom. The maximum atomic E-state index is 11.6. The standard InChI is InChI=1S/C12H19NO3/c1-7(2-3-8-4-5-8)13-11(14)9-6-10(9)12(15)16/h7-10H,2-6H2,1H3,(H,13,14)(H,15,16). The Labute approximate surface area is 95.4 Å². The van der Waals surface area contributed by atoms with E-state index in [-0.39, 0.29) is 17.9 Å². The van der Waals surface area contributed by atoms with Gasteiger partial charge in [-0.25, -0.2) is 0 Å². The number of hydrogen-bond donors (Lipinski definition) is 2. The average Bonchev–Trinajstić information content (AvgIpc) is 3.07. The van der Waals surface area contributed by atoms with Crippen LogP contribution >= 0.6 is 0 Å². The maximum Gasteiger partial charge on any atom is 0.307 e. The molecule has 0 aromatic heterocycles. The van der Waals surface area contributed by atoms with Gasteiger partial charge in [-0.1, -0.05) is 12.8 Å². The quantitative estimate of drug-likeness (QED) is 0.718. The second-order valence-corrected chi connectivity index (χ2v) is 5.22. The van der Waals surface area contributed by atoms with Gasteiger partial charge < -0.3 is 10.4 Å². The highest BCUT2D eigenvalue weighted by Crippen LogP contribution is 2.39. The number of hydrogen-bond acceptors (Lipinski definition) is 2. The van der Waals surface area contributed by atoms with E-state index in [1.807, 2.05) is 6.92 Å². The summed E-state index contributed by atoms with van der Waals surface area (Å²) in [6, 6.07) is 0.183. The van der Waals surface area contributed by atoms with Gasteiger partial charge in [0.05, 0.1) is 11.8 Å². The number of nitrogens with one attached hydrogen (secondary N) is 1. The van der Waals surface area contributed by atoms with Gasteiger partial charge in [-0.3, -0.25) is 9.59 Å². The van der Waals surface area contributed by atoms with Crippen molar-refractivity contribution in [2.75, 3.05) is 0 Å². The molecule has 2 aliphatic rings. The van der Waals surface area contributed by atoms with Crippen molar-refractivity contribution in [1.29, 1.82) is 0 Å². The number of carboxylic acids is 1. The predicted molar refractivity (Wildman–Crippen MR) is 58.8 cm³/mol. The lowest BCUT2D eigenvalue weighted by molar-refractivity contribution is -0.140. The van der Waals surface area contributed by atoms with Crippen LogP contribution in [0.2, 0.25) is 0 Å². The van der Waals surface area contributed by atoms with Gasteiger partial charge >= 0.3 is 5.97 Å². The largest absolute Gasteiger partial charge is 0.481 e. The molecule has 0 bridgehead atoms. The lowest BCUT2D eigenvalue weighted by atomic mass is 10.1. The van der Waals surface area contributed by atoms with Crippen molar-refractivity contribution in [3.05, 3.63) is 0 Å². The number of carboxylic acid groups (broad SMARTS) is 1. The average molecular weight is 225 g/mol. The number of aliphatic carboxylic acids is 1. The van der Waals surface area contributed by atoms with Crippen molar-refractivity contribution in [2.45, 2.75) is 45.1 Å². The van der Waals surface area contributed by atoms with E-state index >= 15 is 0 Å². The second kappa shape index (κ2) is 4.44. The smallest absolute Gasteiger partial charge is 0.307 e. The van der Waals surface area contributed by atoms with Crippen LogP contribution in [0.25, 0.3) is 0 Å². The molecule has 0 aromatic rings. The molecule has 0 radical (unpaired) electrons. The molecule has 0 aromatic carbocycles. The van der Waals surface area contributed by atoms with E-state index in [1.54, 1.807) is 0 Å². The number of amides is 1. The van der Waals surface area contributed by atoms with E-state index in [4.69, 9.17) is 5.11 Å². The molecule has 0 spiro atoms. The van der Waals surface area contributed by atoms with Gasteiger partial charge in [-0.2, -0.15) is 0 Å². The fraction of sp³-hybridized carbons (Fsp3) is 0.833. The van der Waals surface area contributed by atoms with Crippen molar-refractivity contribution in [3.8, 4) is 0 Å². The first-order valence-corrected chi connectivity index (χ1v) is 6.11. The molecule has 0 aliphatic heterocycles. The fourth-order valence-corrected chi connectivity index (χ4v) is 2.07. The van der Waals surface area contributed by atoms with E-state index in [1.165, 1.54) is 19.3 Å².